The minimum Gasteiger partial charge on any atom is -0.497 e. The van der Waals surface area contributed by atoms with Gasteiger partial charge in [0.2, 0.25) is 0 Å². The standard InChI is InChI=1S/C22H23N5O5/c1-3-32-17-9-7-16(8-10-17)25-11-12-26-20(29)21(30)27(24-22(25)26)14-19(28)23-15-5-4-6-18(13-15)31-2/h4-10,13,22H,3,11-12,14H2,1-2H3/p+1. The Morgan fingerprint density at radius 1 is 1.12 bits per heavy atom. The van der Waals surface area contributed by atoms with E-state index in [2.05, 4.69) is 10.4 Å². The number of hydrogen-bond acceptors (Lipinski definition) is 7. The van der Waals surface area contributed by atoms with E-state index in [1.54, 1.807) is 24.3 Å². The quantitative estimate of drug-likeness (QED) is 0.521. The first kappa shape index (κ1) is 21.3. The summed E-state index contributed by atoms with van der Waals surface area (Å²) in [4.78, 5) is 41.0. The van der Waals surface area contributed by atoms with Gasteiger partial charge in [0.15, 0.2) is 0 Å². The van der Waals surface area contributed by atoms with Crippen LogP contribution in [0.5, 0.6) is 11.5 Å². The Morgan fingerprint density at radius 2 is 1.88 bits per heavy atom. The summed E-state index contributed by atoms with van der Waals surface area (Å²) in [6.45, 7) is 3.00. The Bertz CT molecular complexity index is 1070. The van der Waals surface area contributed by atoms with Gasteiger partial charge in [-0.15, -0.1) is 0 Å². The maximum absolute atomic E-state index is 12.6. The fourth-order valence-corrected chi connectivity index (χ4v) is 3.67. The predicted octanol–water partition coefficient (Wildman–Crippen LogP) is 1.67. The van der Waals surface area contributed by atoms with Crippen molar-refractivity contribution in [1.29, 1.82) is 0 Å². The van der Waals surface area contributed by atoms with Crippen LogP contribution in [0.1, 0.15) is 6.92 Å². The van der Waals surface area contributed by atoms with Crippen LogP contribution in [0.25, 0.3) is 0 Å². The molecule has 4 rings (SSSR count). The highest BCUT2D eigenvalue weighted by Crippen LogP contribution is 2.28. The first-order chi connectivity index (χ1) is 15.5. The number of azo groups is 2. The van der Waals surface area contributed by atoms with Gasteiger partial charge in [-0.25, -0.2) is 4.79 Å². The average Bonchev–Trinajstić information content (AvgIpc) is 3.22. The first-order valence-electron chi connectivity index (χ1n) is 10.3. The Labute approximate surface area is 185 Å². The van der Waals surface area contributed by atoms with Crippen LogP contribution in [0.2, 0.25) is 0 Å². The molecule has 10 nitrogen and oxygen atoms in total. The van der Waals surface area contributed by atoms with Crippen LogP contribution in [0.3, 0.4) is 0 Å². The monoisotopic (exact) mass is 438 g/mol. The molecule has 0 bridgehead atoms. The SMILES string of the molecule is CCOc1ccc(N2CCN3C(=O)C(=O)[N+](CC(=O)Nc4cccc(OC)c4)=NC32)cc1. The molecule has 0 radical (unpaired) electrons. The number of carbonyl (C=O) groups excluding carboxylic acids is 3. The Balaban J connectivity index is 1.52. The van der Waals surface area contributed by atoms with Crippen molar-refractivity contribution in [2.45, 2.75) is 13.2 Å². The van der Waals surface area contributed by atoms with E-state index in [1.807, 2.05) is 36.1 Å². The zero-order valence-corrected chi connectivity index (χ0v) is 17.9. The Kier molecular flexibility index (Phi) is 6.02. The lowest BCUT2D eigenvalue weighted by Crippen LogP contribution is -2.52. The van der Waals surface area contributed by atoms with Crippen LogP contribution in [0.4, 0.5) is 11.4 Å². The number of methoxy groups -OCH3 is 1. The van der Waals surface area contributed by atoms with E-state index in [4.69, 9.17) is 9.47 Å². The molecular formula is C22H24N5O5+. The molecule has 10 heteroatoms. The van der Waals surface area contributed by atoms with Gasteiger partial charge in [-0.1, -0.05) is 6.07 Å². The van der Waals surface area contributed by atoms with Gasteiger partial charge in [-0.05, 0) is 48.0 Å². The van der Waals surface area contributed by atoms with Crippen molar-refractivity contribution in [1.82, 2.24) is 4.90 Å². The minimum atomic E-state index is -0.824. The Hall–Kier alpha value is -3.95. The number of rotatable bonds is 7. The first-order valence-corrected chi connectivity index (χ1v) is 10.3. The topological polar surface area (TPSA) is 104 Å². The fraction of sp³-hybridized carbons (Fsp3) is 0.318. The van der Waals surface area contributed by atoms with Crippen LogP contribution in [-0.4, -0.2) is 67.0 Å². The lowest BCUT2D eigenvalue weighted by atomic mass is 10.3. The molecule has 1 saturated heterocycles. The van der Waals surface area contributed by atoms with Crippen molar-refractivity contribution in [3.8, 4) is 11.5 Å². The average molecular weight is 438 g/mol. The number of amides is 3. The van der Waals surface area contributed by atoms with Crippen molar-refractivity contribution < 1.29 is 28.6 Å². The summed E-state index contributed by atoms with van der Waals surface area (Å²) in [5, 5.41) is 7.10. The predicted molar refractivity (Wildman–Crippen MR) is 115 cm³/mol. The molecule has 2 aromatic rings. The smallest absolute Gasteiger partial charge is 0.497 e. The molecule has 2 heterocycles. The van der Waals surface area contributed by atoms with E-state index < -0.39 is 24.0 Å². The van der Waals surface area contributed by atoms with Crippen molar-refractivity contribution >= 4 is 29.1 Å². The third kappa shape index (κ3) is 4.25. The molecule has 32 heavy (non-hydrogen) atoms. The van der Waals surface area contributed by atoms with E-state index >= 15 is 0 Å². The van der Waals surface area contributed by atoms with Crippen LogP contribution in [-0.2, 0) is 14.4 Å². The lowest BCUT2D eigenvalue weighted by Gasteiger charge is -2.27. The van der Waals surface area contributed by atoms with E-state index in [9.17, 15) is 14.4 Å². The highest BCUT2D eigenvalue weighted by Gasteiger charge is 2.49. The zero-order valence-electron chi connectivity index (χ0n) is 17.9. The summed E-state index contributed by atoms with van der Waals surface area (Å²) in [5.74, 6) is -0.635. The zero-order chi connectivity index (χ0) is 22.7. The van der Waals surface area contributed by atoms with Crippen LogP contribution in [0, 0.1) is 0 Å². The summed E-state index contributed by atoms with van der Waals surface area (Å²) < 4.78 is 11.6. The molecule has 0 aliphatic carbocycles. The summed E-state index contributed by atoms with van der Waals surface area (Å²) in [5.41, 5.74) is 1.36. The molecule has 1 fully saturated rings. The van der Waals surface area contributed by atoms with Crippen molar-refractivity contribution in [3.05, 3.63) is 48.5 Å². The number of hydrogen-bond donors (Lipinski definition) is 1. The highest BCUT2D eigenvalue weighted by molar-refractivity contribution is 6.32. The van der Waals surface area contributed by atoms with Gasteiger partial charge in [0.05, 0.1) is 13.7 Å². The molecule has 1 atom stereocenters. The molecule has 0 aromatic heterocycles. The van der Waals surface area contributed by atoms with Crippen LogP contribution in [0.15, 0.2) is 53.6 Å². The molecule has 2 aromatic carbocycles. The van der Waals surface area contributed by atoms with E-state index in [1.165, 1.54) is 12.0 Å². The largest absolute Gasteiger partial charge is 0.502 e. The minimum absolute atomic E-state index is 0.371. The Morgan fingerprint density at radius 3 is 2.59 bits per heavy atom. The van der Waals surface area contributed by atoms with Gasteiger partial charge in [0.25, 0.3) is 18.7 Å². The number of carbonyl (C=O) groups is 3. The number of nitrogens with zero attached hydrogens (tertiary/aromatic N) is 4. The summed E-state index contributed by atoms with van der Waals surface area (Å²) in [7, 11) is 1.53. The van der Waals surface area contributed by atoms with E-state index in [0.29, 0.717) is 31.1 Å². The molecule has 1 unspecified atom stereocenters. The van der Waals surface area contributed by atoms with Gasteiger partial charge in [-0.2, -0.15) is 0 Å². The second-order valence-corrected chi connectivity index (χ2v) is 7.22. The van der Waals surface area contributed by atoms with Crippen molar-refractivity contribution in [3.63, 3.8) is 0 Å². The normalized spacial score (nSPS) is 17.7. The molecule has 2 aliphatic heterocycles. The molecular weight excluding hydrogens is 414 g/mol. The number of fused-ring (bicyclic) bond motifs is 1. The lowest BCUT2D eigenvalue weighted by molar-refractivity contribution is -0.509. The molecule has 2 aliphatic rings. The maximum Gasteiger partial charge on any atom is 0.502 e. The van der Waals surface area contributed by atoms with Crippen LogP contribution >= 0.6 is 0 Å². The number of benzene rings is 2. The van der Waals surface area contributed by atoms with Gasteiger partial charge < -0.3 is 19.7 Å². The molecule has 166 valence electrons. The van der Waals surface area contributed by atoms with Gasteiger partial charge >= 0.3 is 11.8 Å². The van der Waals surface area contributed by atoms with E-state index in [0.717, 1.165) is 16.1 Å². The molecule has 0 saturated carbocycles. The molecule has 1 N–H and O–H groups in total. The third-order valence-electron chi connectivity index (χ3n) is 5.19. The van der Waals surface area contributed by atoms with Crippen molar-refractivity contribution in [2.75, 3.05) is 43.6 Å². The molecule has 0 spiro atoms. The van der Waals surface area contributed by atoms with Crippen molar-refractivity contribution in [2.24, 2.45) is 5.11 Å². The van der Waals surface area contributed by atoms with Gasteiger partial charge in [-0.3, -0.25) is 14.5 Å². The number of anilines is 2. The highest BCUT2D eigenvalue weighted by atomic mass is 16.5. The van der Waals surface area contributed by atoms with Crippen LogP contribution < -0.4 is 19.7 Å². The van der Waals surface area contributed by atoms with Gasteiger partial charge in [0.1, 0.15) is 11.5 Å². The summed E-state index contributed by atoms with van der Waals surface area (Å²) in [6.07, 6.45) is -0.692. The fourth-order valence-electron chi connectivity index (χ4n) is 3.67. The summed E-state index contributed by atoms with van der Waals surface area (Å²) in [6, 6.07) is 14.3. The summed E-state index contributed by atoms with van der Waals surface area (Å²) >= 11 is 0. The second kappa shape index (κ2) is 9.04. The third-order valence-corrected chi connectivity index (χ3v) is 5.19. The van der Waals surface area contributed by atoms with Gasteiger partial charge in [0, 0.05) is 35.6 Å². The van der Waals surface area contributed by atoms with E-state index in [-0.39, 0.29) is 6.54 Å². The molecule has 3 amide bonds. The number of ether oxygens (including phenoxy) is 2. The maximum atomic E-state index is 12.6. The number of nitrogens with one attached hydrogen (secondary N) is 1. The second-order valence-electron chi connectivity index (χ2n) is 7.22.